The SMILES string of the molecule is C/C(=C/C=C(\C)C=O)CNC(=O)OC(C)(C)C. The van der Waals surface area contributed by atoms with Crippen LogP contribution in [0.15, 0.2) is 23.3 Å². The molecule has 0 aliphatic carbocycles. The first-order chi connectivity index (χ1) is 7.74. The summed E-state index contributed by atoms with van der Waals surface area (Å²) < 4.78 is 5.09. The molecule has 0 saturated carbocycles. The van der Waals surface area contributed by atoms with Crippen molar-refractivity contribution in [1.29, 1.82) is 0 Å². The Hall–Kier alpha value is -1.58. The van der Waals surface area contributed by atoms with Gasteiger partial charge in [-0.3, -0.25) is 4.79 Å². The molecule has 4 heteroatoms. The van der Waals surface area contributed by atoms with Gasteiger partial charge in [-0.2, -0.15) is 0 Å². The largest absolute Gasteiger partial charge is 0.444 e. The minimum Gasteiger partial charge on any atom is -0.444 e. The molecule has 0 aromatic rings. The minimum absolute atomic E-state index is 0.400. The maximum Gasteiger partial charge on any atom is 0.407 e. The zero-order valence-corrected chi connectivity index (χ0v) is 11.2. The van der Waals surface area contributed by atoms with Crippen LogP contribution >= 0.6 is 0 Å². The zero-order chi connectivity index (χ0) is 13.5. The van der Waals surface area contributed by atoms with Gasteiger partial charge in [-0.25, -0.2) is 4.79 Å². The third-order valence-corrected chi connectivity index (χ3v) is 1.73. The van der Waals surface area contributed by atoms with Crippen LogP contribution in [0.2, 0.25) is 0 Å². The van der Waals surface area contributed by atoms with Gasteiger partial charge in [0.15, 0.2) is 0 Å². The van der Waals surface area contributed by atoms with Crippen molar-refractivity contribution in [2.75, 3.05) is 6.54 Å². The Morgan fingerprint density at radius 3 is 2.29 bits per heavy atom. The van der Waals surface area contributed by atoms with E-state index in [1.807, 2.05) is 27.7 Å². The van der Waals surface area contributed by atoms with Crippen molar-refractivity contribution in [2.24, 2.45) is 0 Å². The molecule has 0 spiro atoms. The molecular weight excluding hydrogens is 218 g/mol. The molecule has 0 unspecified atom stereocenters. The number of nitrogens with one attached hydrogen (secondary N) is 1. The van der Waals surface area contributed by atoms with E-state index < -0.39 is 11.7 Å². The number of rotatable bonds is 4. The minimum atomic E-state index is -0.490. The molecule has 0 aliphatic rings. The van der Waals surface area contributed by atoms with E-state index in [0.29, 0.717) is 12.1 Å². The Bertz CT molecular complexity index is 335. The predicted octanol–water partition coefficient (Wildman–Crippen LogP) is 2.60. The lowest BCUT2D eigenvalue weighted by molar-refractivity contribution is -0.104. The molecule has 1 amide bonds. The van der Waals surface area contributed by atoms with Crippen LogP contribution in [0.3, 0.4) is 0 Å². The molecule has 0 aliphatic heterocycles. The fraction of sp³-hybridized carbons (Fsp3) is 0.538. The Morgan fingerprint density at radius 2 is 1.82 bits per heavy atom. The highest BCUT2D eigenvalue weighted by molar-refractivity contribution is 5.72. The van der Waals surface area contributed by atoms with Gasteiger partial charge >= 0.3 is 6.09 Å². The molecular formula is C13H21NO3. The number of allylic oxidation sites excluding steroid dienone is 3. The second-order valence-electron chi connectivity index (χ2n) is 4.90. The van der Waals surface area contributed by atoms with Gasteiger partial charge in [0.1, 0.15) is 11.9 Å². The molecule has 0 rings (SSSR count). The van der Waals surface area contributed by atoms with Crippen LogP contribution in [-0.2, 0) is 9.53 Å². The molecule has 0 atom stereocenters. The van der Waals surface area contributed by atoms with Crippen LogP contribution < -0.4 is 5.32 Å². The topological polar surface area (TPSA) is 55.4 Å². The number of aldehydes is 1. The standard InChI is InChI=1S/C13H21NO3/c1-10(6-7-11(2)9-15)8-14-12(16)17-13(3,4)5/h6-7,9H,8H2,1-5H3,(H,14,16)/b10-6-,11-7+. The smallest absolute Gasteiger partial charge is 0.407 e. The quantitative estimate of drug-likeness (QED) is 0.466. The van der Waals surface area contributed by atoms with Crippen molar-refractivity contribution in [3.63, 3.8) is 0 Å². The summed E-state index contributed by atoms with van der Waals surface area (Å²) in [5.74, 6) is 0. The summed E-state index contributed by atoms with van der Waals surface area (Å²) in [4.78, 5) is 21.7. The van der Waals surface area contributed by atoms with Gasteiger partial charge in [0.05, 0.1) is 0 Å². The summed E-state index contributed by atoms with van der Waals surface area (Å²) in [7, 11) is 0. The monoisotopic (exact) mass is 239 g/mol. The second-order valence-corrected chi connectivity index (χ2v) is 4.90. The number of carbonyl (C=O) groups excluding carboxylic acids is 2. The van der Waals surface area contributed by atoms with Crippen LogP contribution in [0.4, 0.5) is 4.79 Å². The molecule has 0 aromatic heterocycles. The van der Waals surface area contributed by atoms with E-state index in [1.54, 1.807) is 19.1 Å². The summed E-state index contributed by atoms with van der Waals surface area (Å²) >= 11 is 0. The number of hydrogen-bond acceptors (Lipinski definition) is 3. The fourth-order valence-corrected chi connectivity index (χ4v) is 0.898. The van der Waals surface area contributed by atoms with Gasteiger partial charge in [-0.15, -0.1) is 0 Å². The Balaban J connectivity index is 4.12. The highest BCUT2D eigenvalue weighted by atomic mass is 16.6. The number of carbonyl (C=O) groups is 2. The fourth-order valence-electron chi connectivity index (χ4n) is 0.898. The molecule has 0 heterocycles. The Labute approximate surface area is 103 Å². The lowest BCUT2D eigenvalue weighted by atomic mass is 10.2. The summed E-state index contributed by atoms with van der Waals surface area (Å²) in [6.07, 6.45) is 3.84. The van der Waals surface area contributed by atoms with E-state index in [4.69, 9.17) is 4.74 Å². The lowest BCUT2D eigenvalue weighted by Gasteiger charge is -2.19. The van der Waals surface area contributed by atoms with Crippen molar-refractivity contribution in [3.8, 4) is 0 Å². The molecule has 0 radical (unpaired) electrons. The third kappa shape index (κ3) is 9.35. The van der Waals surface area contributed by atoms with Crippen LogP contribution in [0.25, 0.3) is 0 Å². The van der Waals surface area contributed by atoms with Crippen molar-refractivity contribution >= 4 is 12.4 Å². The van der Waals surface area contributed by atoms with Gasteiger partial charge in [-0.1, -0.05) is 17.7 Å². The first-order valence-corrected chi connectivity index (χ1v) is 5.50. The molecule has 0 saturated heterocycles. The Morgan fingerprint density at radius 1 is 1.24 bits per heavy atom. The molecule has 0 aromatic carbocycles. The first-order valence-electron chi connectivity index (χ1n) is 5.50. The third-order valence-electron chi connectivity index (χ3n) is 1.73. The summed E-state index contributed by atoms with van der Waals surface area (Å²) in [6, 6.07) is 0. The number of hydrogen-bond donors (Lipinski definition) is 1. The predicted molar refractivity (Wildman–Crippen MR) is 67.8 cm³/mol. The molecule has 17 heavy (non-hydrogen) atoms. The highest BCUT2D eigenvalue weighted by Gasteiger charge is 2.15. The number of amides is 1. The molecule has 0 fully saturated rings. The maximum absolute atomic E-state index is 11.3. The van der Waals surface area contributed by atoms with Crippen LogP contribution in [0.1, 0.15) is 34.6 Å². The van der Waals surface area contributed by atoms with Gasteiger partial charge < -0.3 is 10.1 Å². The second kappa shape index (κ2) is 6.89. The lowest BCUT2D eigenvalue weighted by Crippen LogP contribution is -2.33. The van der Waals surface area contributed by atoms with Crippen molar-refractivity contribution < 1.29 is 14.3 Å². The zero-order valence-electron chi connectivity index (χ0n) is 11.2. The van der Waals surface area contributed by atoms with Crippen molar-refractivity contribution in [3.05, 3.63) is 23.3 Å². The van der Waals surface area contributed by atoms with Crippen molar-refractivity contribution in [1.82, 2.24) is 5.32 Å². The molecule has 96 valence electrons. The van der Waals surface area contributed by atoms with Crippen LogP contribution in [0.5, 0.6) is 0 Å². The highest BCUT2D eigenvalue weighted by Crippen LogP contribution is 2.06. The maximum atomic E-state index is 11.3. The summed E-state index contributed by atoms with van der Waals surface area (Å²) in [5.41, 5.74) is 1.09. The number of ether oxygens (including phenoxy) is 1. The van der Waals surface area contributed by atoms with E-state index >= 15 is 0 Å². The summed E-state index contributed by atoms with van der Waals surface area (Å²) in [5, 5.41) is 2.63. The van der Waals surface area contributed by atoms with E-state index in [2.05, 4.69) is 5.32 Å². The van der Waals surface area contributed by atoms with Gasteiger partial charge in [0.2, 0.25) is 0 Å². The summed E-state index contributed by atoms with van der Waals surface area (Å²) in [6.45, 7) is 9.42. The first kappa shape index (κ1) is 15.4. The van der Waals surface area contributed by atoms with Crippen molar-refractivity contribution in [2.45, 2.75) is 40.2 Å². The molecule has 4 nitrogen and oxygen atoms in total. The normalized spacial score (nSPS) is 13.2. The van der Waals surface area contributed by atoms with Crippen LogP contribution in [-0.4, -0.2) is 24.5 Å². The molecule has 0 bridgehead atoms. The molecule has 1 N–H and O–H groups in total. The number of alkyl carbamates (subject to hydrolysis) is 1. The van der Waals surface area contributed by atoms with Gasteiger partial charge in [0.25, 0.3) is 0 Å². The van der Waals surface area contributed by atoms with Crippen LogP contribution in [0, 0.1) is 0 Å². The van der Waals surface area contributed by atoms with E-state index in [9.17, 15) is 9.59 Å². The average molecular weight is 239 g/mol. The van der Waals surface area contributed by atoms with E-state index in [1.165, 1.54) is 0 Å². The van der Waals surface area contributed by atoms with Gasteiger partial charge in [0, 0.05) is 6.54 Å². The average Bonchev–Trinajstić information content (AvgIpc) is 2.20. The van der Waals surface area contributed by atoms with E-state index in [0.717, 1.165) is 11.9 Å². The van der Waals surface area contributed by atoms with E-state index in [-0.39, 0.29) is 0 Å². The Kier molecular flexibility index (Phi) is 6.25. The van der Waals surface area contributed by atoms with Gasteiger partial charge in [-0.05, 0) is 40.2 Å².